The maximum atomic E-state index is 8.75. The van der Waals surface area contributed by atoms with Gasteiger partial charge in [-0.15, -0.1) is 0 Å². The fourth-order valence-electron chi connectivity index (χ4n) is 1.25. The molecule has 1 atom stereocenters. The molecular formula is C10H13ClN4. The van der Waals surface area contributed by atoms with Gasteiger partial charge in [-0.2, -0.15) is 5.26 Å². The third-order valence-corrected chi connectivity index (χ3v) is 2.25. The summed E-state index contributed by atoms with van der Waals surface area (Å²) in [4.78, 5) is 9.94. The second kappa shape index (κ2) is 5.52. The molecule has 0 bridgehead atoms. The molecule has 0 aliphatic heterocycles. The van der Waals surface area contributed by atoms with Crippen LogP contribution in [-0.4, -0.2) is 23.1 Å². The SMILES string of the molecule is CCN(CC(C)C#N)c1cc(Cl)ncn1. The molecular weight excluding hydrogens is 212 g/mol. The summed E-state index contributed by atoms with van der Waals surface area (Å²) in [6, 6.07) is 3.90. The highest BCUT2D eigenvalue weighted by Crippen LogP contribution is 2.15. The van der Waals surface area contributed by atoms with Gasteiger partial charge in [0.05, 0.1) is 12.0 Å². The lowest BCUT2D eigenvalue weighted by Gasteiger charge is -2.22. The van der Waals surface area contributed by atoms with E-state index in [2.05, 4.69) is 16.0 Å². The van der Waals surface area contributed by atoms with Crippen molar-refractivity contribution >= 4 is 17.4 Å². The molecule has 1 aromatic rings. The summed E-state index contributed by atoms with van der Waals surface area (Å²) >= 11 is 5.77. The van der Waals surface area contributed by atoms with Crippen molar-refractivity contribution in [1.82, 2.24) is 9.97 Å². The van der Waals surface area contributed by atoms with E-state index in [1.165, 1.54) is 6.33 Å². The van der Waals surface area contributed by atoms with Gasteiger partial charge in [0.15, 0.2) is 0 Å². The summed E-state index contributed by atoms with van der Waals surface area (Å²) in [6.45, 7) is 5.34. The number of nitrogens with zero attached hydrogens (tertiary/aromatic N) is 4. The predicted octanol–water partition coefficient (Wildman–Crippen LogP) is 2.12. The Labute approximate surface area is 94.5 Å². The van der Waals surface area contributed by atoms with E-state index >= 15 is 0 Å². The zero-order chi connectivity index (χ0) is 11.3. The Morgan fingerprint density at radius 2 is 2.33 bits per heavy atom. The van der Waals surface area contributed by atoms with E-state index in [4.69, 9.17) is 16.9 Å². The van der Waals surface area contributed by atoms with Crippen LogP contribution >= 0.6 is 11.6 Å². The lowest BCUT2D eigenvalue weighted by atomic mass is 10.2. The minimum atomic E-state index is -0.0290. The van der Waals surface area contributed by atoms with Crippen molar-refractivity contribution in [2.45, 2.75) is 13.8 Å². The largest absolute Gasteiger partial charge is 0.355 e. The molecule has 1 heterocycles. The zero-order valence-electron chi connectivity index (χ0n) is 8.81. The Bertz CT molecular complexity index is 361. The minimum absolute atomic E-state index is 0.0290. The van der Waals surface area contributed by atoms with Gasteiger partial charge in [0.1, 0.15) is 17.3 Å². The van der Waals surface area contributed by atoms with E-state index in [1.807, 2.05) is 18.7 Å². The lowest BCUT2D eigenvalue weighted by molar-refractivity contribution is 0.678. The summed E-state index contributed by atoms with van der Waals surface area (Å²) < 4.78 is 0. The second-order valence-corrected chi connectivity index (χ2v) is 3.65. The van der Waals surface area contributed by atoms with Crippen LogP contribution in [0, 0.1) is 17.2 Å². The molecule has 0 radical (unpaired) electrons. The number of hydrogen-bond donors (Lipinski definition) is 0. The molecule has 0 spiro atoms. The van der Waals surface area contributed by atoms with Gasteiger partial charge < -0.3 is 4.90 Å². The number of nitriles is 1. The first kappa shape index (κ1) is 11.7. The van der Waals surface area contributed by atoms with Crippen LogP contribution in [0.3, 0.4) is 0 Å². The molecule has 0 aliphatic carbocycles. The maximum Gasteiger partial charge on any atom is 0.134 e. The van der Waals surface area contributed by atoms with E-state index in [9.17, 15) is 0 Å². The summed E-state index contributed by atoms with van der Waals surface area (Å²) in [5.41, 5.74) is 0. The van der Waals surface area contributed by atoms with Gasteiger partial charge in [0, 0.05) is 19.2 Å². The number of aromatic nitrogens is 2. The monoisotopic (exact) mass is 224 g/mol. The molecule has 1 rings (SSSR count). The fraction of sp³-hybridized carbons (Fsp3) is 0.500. The van der Waals surface area contributed by atoms with E-state index < -0.39 is 0 Å². The fourth-order valence-corrected chi connectivity index (χ4v) is 1.39. The van der Waals surface area contributed by atoms with Crippen LogP contribution in [0.5, 0.6) is 0 Å². The third kappa shape index (κ3) is 3.37. The Morgan fingerprint density at radius 1 is 1.60 bits per heavy atom. The molecule has 1 unspecified atom stereocenters. The molecule has 15 heavy (non-hydrogen) atoms. The van der Waals surface area contributed by atoms with E-state index in [0.717, 1.165) is 12.4 Å². The van der Waals surface area contributed by atoms with Crippen LogP contribution in [0.15, 0.2) is 12.4 Å². The first-order chi connectivity index (χ1) is 7.17. The smallest absolute Gasteiger partial charge is 0.134 e. The Morgan fingerprint density at radius 3 is 2.87 bits per heavy atom. The molecule has 0 aromatic carbocycles. The molecule has 4 nitrogen and oxygen atoms in total. The summed E-state index contributed by atoms with van der Waals surface area (Å²) in [7, 11) is 0. The Hall–Kier alpha value is -1.34. The molecule has 1 aromatic heterocycles. The first-order valence-electron chi connectivity index (χ1n) is 4.79. The van der Waals surface area contributed by atoms with Crippen molar-refractivity contribution in [3.05, 3.63) is 17.5 Å². The first-order valence-corrected chi connectivity index (χ1v) is 5.17. The van der Waals surface area contributed by atoms with Crippen LogP contribution in [0.1, 0.15) is 13.8 Å². The van der Waals surface area contributed by atoms with Crippen LogP contribution in [0.25, 0.3) is 0 Å². The van der Waals surface area contributed by atoms with Crippen LogP contribution in [0.4, 0.5) is 5.82 Å². The predicted molar refractivity (Wildman–Crippen MR) is 59.7 cm³/mol. The highest BCUT2D eigenvalue weighted by molar-refractivity contribution is 6.29. The van der Waals surface area contributed by atoms with Gasteiger partial charge in [-0.1, -0.05) is 11.6 Å². The van der Waals surface area contributed by atoms with Gasteiger partial charge >= 0.3 is 0 Å². The average molecular weight is 225 g/mol. The molecule has 0 saturated carbocycles. The van der Waals surface area contributed by atoms with Crippen molar-refractivity contribution in [2.75, 3.05) is 18.0 Å². The summed E-state index contributed by atoms with van der Waals surface area (Å²) in [5, 5.41) is 9.16. The standard InChI is InChI=1S/C10H13ClN4/c1-3-15(6-8(2)5-12)10-4-9(11)13-7-14-10/h4,7-8H,3,6H2,1-2H3. The summed E-state index contributed by atoms with van der Waals surface area (Å²) in [6.07, 6.45) is 1.43. The Balaban J connectivity index is 2.79. The quantitative estimate of drug-likeness (QED) is 0.736. The number of halogens is 1. The normalized spacial score (nSPS) is 11.9. The van der Waals surface area contributed by atoms with Gasteiger partial charge in [-0.3, -0.25) is 0 Å². The Kier molecular flexibility index (Phi) is 4.32. The maximum absolute atomic E-state index is 8.75. The van der Waals surface area contributed by atoms with Crippen molar-refractivity contribution in [2.24, 2.45) is 5.92 Å². The molecule has 0 amide bonds. The topological polar surface area (TPSA) is 52.8 Å². The van der Waals surface area contributed by atoms with E-state index in [1.54, 1.807) is 6.07 Å². The van der Waals surface area contributed by atoms with Gasteiger partial charge in [-0.05, 0) is 13.8 Å². The van der Waals surface area contributed by atoms with Crippen molar-refractivity contribution < 1.29 is 0 Å². The highest BCUT2D eigenvalue weighted by atomic mass is 35.5. The minimum Gasteiger partial charge on any atom is -0.355 e. The summed E-state index contributed by atoms with van der Waals surface area (Å²) in [5.74, 6) is 0.735. The van der Waals surface area contributed by atoms with Gasteiger partial charge in [-0.25, -0.2) is 9.97 Å². The molecule has 5 heteroatoms. The number of rotatable bonds is 4. The van der Waals surface area contributed by atoms with Gasteiger partial charge in [0.2, 0.25) is 0 Å². The van der Waals surface area contributed by atoms with Crippen molar-refractivity contribution in [3.8, 4) is 6.07 Å². The molecule has 0 aliphatic rings. The highest BCUT2D eigenvalue weighted by Gasteiger charge is 2.10. The number of anilines is 1. The lowest BCUT2D eigenvalue weighted by Crippen LogP contribution is -2.28. The number of hydrogen-bond acceptors (Lipinski definition) is 4. The molecule has 0 saturated heterocycles. The third-order valence-electron chi connectivity index (χ3n) is 2.04. The molecule has 0 N–H and O–H groups in total. The van der Waals surface area contributed by atoms with Crippen LogP contribution in [0.2, 0.25) is 5.15 Å². The molecule has 80 valence electrons. The van der Waals surface area contributed by atoms with Crippen molar-refractivity contribution in [3.63, 3.8) is 0 Å². The van der Waals surface area contributed by atoms with E-state index in [0.29, 0.717) is 11.7 Å². The van der Waals surface area contributed by atoms with Crippen LogP contribution < -0.4 is 4.90 Å². The molecule has 0 fully saturated rings. The second-order valence-electron chi connectivity index (χ2n) is 3.27. The van der Waals surface area contributed by atoms with Crippen LogP contribution in [-0.2, 0) is 0 Å². The zero-order valence-corrected chi connectivity index (χ0v) is 9.57. The van der Waals surface area contributed by atoms with Gasteiger partial charge in [0.25, 0.3) is 0 Å². The average Bonchev–Trinajstić information content (AvgIpc) is 2.25. The van der Waals surface area contributed by atoms with Crippen molar-refractivity contribution in [1.29, 1.82) is 5.26 Å². The van der Waals surface area contributed by atoms with E-state index in [-0.39, 0.29) is 5.92 Å².